The lowest BCUT2D eigenvalue weighted by Crippen LogP contribution is -2.35. The third-order valence-corrected chi connectivity index (χ3v) is 6.09. The minimum Gasteiger partial charge on any atom is -0.375 e. The van der Waals surface area contributed by atoms with Crippen LogP contribution >= 0.6 is 27.3 Å². The second kappa shape index (κ2) is 7.28. The first kappa shape index (κ1) is 16.9. The zero-order chi connectivity index (χ0) is 16.4. The molecule has 124 valence electrons. The molecule has 0 unspecified atom stereocenters. The van der Waals surface area contributed by atoms with E-state index in [2.05, 4.69) is 56.8 Å². The van der Waals surface area contributed by atoms with Crippen LogP contribution < -0.4 is 5.73 Å². The first-order chi connectivity index (χ1) is 11.0. The summed E-state index contributed by atoms with van der Waals surface area (Å²) in [4.78, 5) is 12.5. The molecular weight excluding hydrogens is 372 g/mol. The van der Waals surface area contributed by atoms with Gasteiger partial charge in [0, 0.05) is 24.5 Å². The third kappa shape index (κ3) is 4.52. The molecule has 0 spiro atoms. The van der Waals surface area contributed by atoms with Gasteiger partial charge in [0.2, 0.25) is 0 Å². The molecule has 0 aromatic carbocycles. The van der Waals surface area contributed by atoms with E-state index in [1.807, 2.05) is 0 Å². The number of hydrogen-bond donors (Lipinski definition) is 1. The Kier molecular flexibility index (Phi) is 5.34. The molecule has 2 N–H and O–H groups in total. The molecule has 1 saturated heterocycles. The Morgan fingerprint density at radius 2 is 2.04 bits per heavy atom. The highest BCUT2D eigenvalue weighted by atomic mass is 79.9. The van der Waals surface area contributed by atoms with Gasteiger partial charge in [-0.1, -0.05) is 11.3 Å². The summed E-state index contributed by atoms with van der Waals surface area (Å²) in [7, 11) is 0. The number of anilines is 1. The molecule has 0 radical (unpaired) electrons. The quantitative estimate of drug-likeness (QED) is 0.852. The van der Waals surface area contributed by atoms with Crippen LogP contribution in [0.15, 0.2) is 16.7 Å². The number of aromatic nitrogens is 2. The summed E-state index contributed by atoms with van der Waals surface area (Å²) in [6, 6.07) is 4.46. The van der Waals surface area contributed by atoms with Gasteiger partial charge in [0.1, 0.15) is 4.60 Å². The maximum Gasteiger partial charge on any atom is 0.181 e. The van der Waals surface area contributed by atoms with Crippen LogP contribution in [0.2, 0.25) is 0 Å². The SMILES string of the molecule is Cc1cc(C[C@H]2CCCN(Cc3sc(N)nc3Br)C2)cc(C)n1. The van der Waals surface area contributed by atoms with Crippen LogP contribution in [0.5, 0.6) is 0 Å². The first-order valence-corrected chi connectivity index (χ1v) is 9.68. The van der Waals surface area contributed by atoms with Gasteiger partial charge in [0.25, 0.3) is 0 Å². The van der Waals surface area contributed by atoms with Crippen molar-refractivity contribution in [3.05, 3.63) is 38.6 Å². The van der Waals surface area contributed by atoms with Gasteiger partial charge in [0.05, 0.1) is 4.88 Å². The Morgan fingerprint density at radius 3 is 2.70 bits per heavy atom. The molecule has 2 aromatic rings. The maximum atomic E-state index is 5.80. The number of nitrogens with zero attached hydrogens (tertiary/aromatic N) is 3. The van der Waals surface area contributed by atoms with E-state index >= 15 is 0 Å². The molecule has 1 fully saturated rings. The summed E-state index contributed by atoms with van der Waals surface area (Å²) < 4.78 is 0.905. The molecule has 0 bridgehead atoms. The Bertz CT molecular complexity index is 665. The van der Waals surface area contributed by atoms with Crippen LogP contribution in [0.1, 0.15) is 34.7 Å². The van der Waals surface area contributed by atoms with E-state index in [0.717, 1.165) is 42.0 Å². The van der Waals surface area contributed by atoms with Crippen molar-refractivity contribution in [2.45, 2.75) is 39.7 Å². The van der Waals surface area contributed by atoms with Gasteiger partial charge in [0.15, 0.2) is 5.13 Å². The van der Waals surface area contributed by atoms with Crippen molar-refractivity contribution < 1.29 is 0 Å². The van der Waals surface area contributed by atoms with Gasteiger partial charge in [-0.3, -0.25) is 9.88 Å². The van der Waals surface area contributed by atoms with Crippen LogP contribution in [0.4, 0.5) is 5.13 Å². The topological polar surface area (TPSA) is 55.0 Å². The highest BCUT2D eigenvalue weighted by molar-refractivity contribution is 9.10. The Labute approximate surface area is 150 Å². The van der Waals surface area contributed by atoms with Gasteiger partial charge in [-0.15, -0.1) is 0 Å². The largest absolute Gasteiger partial charge is 0.375 e. The lowest BCUT2D eigenvalue weighted by molar-refractivity contribution is 0.168. The smallest absolute Gasteiger partial charge is 0.181 e. The predicted molar refractivity (Wildman–Crippen MR) is 99.6 cm³/mol. The zero-order valence-electron chi connectivity index (χ0n) is 13.7. The molecule has 1 aliphatic rings. The zero-order valence-corrected chi connectivity index (χ0v) is 16.1. The third-order valence-electron chi connectivity index (χ3n) is 4.30. The summed E-state index contributed by atoms with van der Waals surface area (Å²) in [5.41, 5.74) is 9.46. The summed E-state index contributed by atoms with van der Waals surface area (Å²) >= 11 is 5.10. The molecule has 23 heavy (non-hydrogen) atoms. The molecule has 2 aromatic heterocycles. The van der Waals surface area contributed by atoms with Gasteiger partial charge in [-0.25, -0.2) is 4.98 Å². The van der Waals surface area contributed by atoms with E-state index in [0.29, 0.717) is 11.0 Å². The Balaban J connectivity index is 1.62. The lowest BCUT2D eigenvalue weighted by atomic mass is 9.91. The monoisotopic (exact) mass is 394 g/mol. The van der Waals surface area contributed by atoms with Crippen molar-refractivity contribution in [3.63, 3.8) is 0 Å². The first-order valence-electron chi connectivity index (χ1n) is 8.07. The average Bonchev–Trinajstić information content (AvgIpc) is 2.76. The highest BCUT2D eigenvalue weighted by Crippen LogP contribution is 2.29. The molecule has 3 heterocycles. The minimum absolute atomic E-state index is 0.642. The standard InChI is InChI=1S/C17H23BrN4S/c1-11-6-14(7-12(2)20-11)8-13-4-3-5-22(9-13)10-15-16(18)21-17(19)23-15/h6-7,13H,3-5,8-10H2,1-2H3,(H2,19,21)/t13-/m1/s1. The van der Waals surface area contributed by atoms with Crippen LogP contribution in [0.3, 0.4) is 0 Å². The van der Waals surface area contributed by atoms with Gasteiger partial charge < -0.3 is 5.73 Å². The number of likely N-dealkylation sites (tertiary alicyclic amines) is 1. The van der Waals surface area contributed by atoms with E-state index in [4.69, 9.17) is 5.73 Å². The van der Waals surface area contributed by atoms with Crippen molar-refractivity contribution in [3.8, 4) is 0 Å². The molecule has 3 rings (SSSR count). The average molecular weight is 395 g/mol. The Morgan fingerprint density at radius 1 is 1.30 bits per heavy atom. The lowest BCUT2D eigenvalue weighted by Gasteiger charge is -2.32. The van der Waals surface area contributed by atoms with E-state index in [1.165, 1.54) is 23.3 Å². The van der Waals surface area contributed by atoms with Crippen molar-refractivity contribution in [2.75, 3.05) is 18.8 Å². The molecule has 0 amide bonds. The summed E-state index contributed by atoms with van der Waals surface area (Å²) in [5.74, 6) is 0.717. The van der Waals surface area contributed by atoms with Crippen LogP contribution in [-0.4, -0.2) is 28.0 Å². The number of nitrogen functional groups attached to an aromatic ring is 1. The fourth-order valence-corrected chi connectivity index (χ4v) is 4.93. The minimum atomic E-state index is 0.642. The van der Waals surface area contributed by atoms with Crippen LogP contribution in [0, 0.1) is 19.8 Å². The fourth-order valence-electron chi connectivity index (χ4n) is 3.48. The summed E-state index contributed by atoms with van der Waals surface area (Å²) in [5, 5.41) is 0.642. The van der Waals surface area contributed by atoms with Crippen molar-refractivity contribution >= 4 is 32.4 Å². The number of aryl methyl sites for hydroxylation is 2. The number of nitrogens with two attached hydrogens (primary N) is 1. The number of halogens is 1. The van der Waals surface area contributed by atoms with Crippen molar-refractivity contribution in [1.29, 1.82) is 0 Å². The van der Waals surface area contributed by atoms with Crippen molar-refractivity contribution in [2.24, 2.45) is 5.92 Å². The van der Waals surface area contributed by atoms with Crippen LogP contribution in [0.25, 0.3) is 0 Å². The molecule has 4 nitrogen and oxygen atoms in total. The van der Waals surface area contributed by atoms with E-state index < -0.39 is 0 Å². The summed E-state index contributed by atoms with van der Waals surface area (Å²) in [6.07, 6.45) is 3.72. The predicted octanol–water partition coefficient (Wildman–Crippen LogP) is 3.95. The number of rotatable bonds is 4. The number of thiazole rings is 1. The van der Waals surface area contributed by atoms with E-state index in [1.54, 1.807) is 11.3 Å². The van der Waals surface area contributed by atoms with E-state index in [9.17, 15) is 0 Å². The molecular formula is C17H23BrN4S. The molecule has 1 aliphatic heterocycles. The van der Waals surface area contributed by atoms with Gasteiger partial charge in [-0.05, 0) is 79.2 Å². The number of hydrogen-bond acceptors (Lipinski definition) is 5. The summed E-state index contributed by atoms with van der Waals surface area (Å²) in [6.45, 7) is 7.41. The van der Waals surface area contributed by atoms with Crippen molar-refractivity contribution in [1.82, 2.24) is 14.9 Å². The van der Waals surface area contributed by atoms with Crippen LogP contribution in [-0.2, 0) is 13.0 Å². The van der Waals surface area contributed by atoms with Gasteiger partial charge in [-0.2, -0.15) is 0 Å². The second-order valence-electron chi connectivity index (χ2n) is 6.47. The molecule has 0 saturated carbocycles. The van der Waals surface area contributed by atoms with Gasteiger partial charge >= 0.3 is 0 Å². The molecule has 0 aliphatic carbocycles. The molecule has 1 atom stereocenters. The number of pyridine rings is 1. The Hall–Kier alpha value is -0.980. The normalized spacial score (nSPS) is 19.2. The maximum absolute atomic E-state index is 5.80. The second-order valence-corrected chi connectivity index (χ2v) is 8.34. The number of piperidine rings is 1. The molecule has 6 heteroatoms. The highest BCUT2D eigenvalue weighted by Gasteiger charge is 2.22. The van der Waals surface area contributed by atoms with E-state index in [-0.39, 0.29) is 0 Å². The fraction of sp³-hybridized carbons (Fsp3) is 0.529.